The summed E-state index contributed by atoms with van der Waals surface area (Å²) >= 11 is 7.81. The highest BCUT2D eigenvalue weighted by Crippen LogP contribution is 2.27. The van der Waals surface area contributed by atoms with Crippen molar-refractivity contribution in [2.45, 2.75) is 13.0 Å². The summed E-state index contributed by atoms with van der Waals surface area (Å²) in [5.74, 6) is 7.34. The SMILES string of the molecule is C[C@H](Nc1ncnc(N)c1C#Cc1ccc2nc(N)sc2c1)c1nc2cccc(Cl)c2c(=O)n1-c1ccccc1. The topological polar surface area (TPSA) is 138 Å². The van der Waals surface area contributed by atoms with E-state index in [1.165, 1.54) is 17.7 Å². The zero-order valence-corrected chi connectivity index (χ0v) is 22.7. The number of fused-ring (bicyclic) bond motifs is 2. The maximum Gasteiger partial charge on any atom is 0.267 e. The van der Waals surface area contributed by atoms with Crippen molar-refractivity contribution < 1.29 is 0 Å². The van der Waals surface area contributed by atoms with Crippen LogP contribution in [0.25, 0.3) is 26.8 Å². The molecule has 0 saturated heterocycles. The number of aromatic nitrogens is 5. The van der Waals surface area contributed by atoms with E-state index in [-0.39, 0.29) is 11.4 Å². The van der Waals surface area contributed by atoms with Crippen molar-refractivity contribution in [1.29, 1.82) is 0 Å². The number of para-hydroxylation sites is 1. The summed E-state index contributed by atoms with van der Waals surface area (Å²) in [6, 6.07) is 19.7. The first kappa shape index (κ1) is 25.3. The molecule has 0 aliphatic heterocycles. The summed E-state index contributed by atoms with van der Waals surface area (Å²) in [4.78, 5) is 31.4. The zero-order valence-electron chi connectivity index (χ0n) is 21.1. The van der Waals surface area contributed by atoms with Gasteiger partial charge in [-0.15, -0.1) is 0 Å². The second-order valence-corrected chi connectivity index (χ2v) is 10.4. The summed E-state index contributed by atoms with van der Waals surface area (Å²) in [6.45, 7) is 1.88. The number of nitrogen functional groups attached to an aromatic ring is 2. The van der Waals surface area contributed by atoms with E-state index in [1.807, 2.05) is 55.5 Å². The lowest BCUT2D eigenvalue weighted by Crippen LogP contribution is -2.27. The predicted octanol–water partition coefficient (Wildman–Crippen LogP) is 5.18. The van der Waals surface area contributed by atoms with Gasteiger partial charge in [0.15, 0.2) is 5.13 Å². The van der Waals surface area contributed by atoms with Gasteiger partial charge in [-0.2, -0.15) is 0 Å². The molecule has 6 rings (SSSR count). The zero-order chi connectivity index (χ0) is 27.8. The summed E-state index contributed by atoms with van der Waals surface area (Å²) in [6.07, 6.45) is 1.36. The van der Waals surface area contributed by atoms with Crippen molar-refractivity contribution in [2.75, 3.05) is 16.8 Å². The first-order chi connectivity index (χ1) is 19.4. The van der Waals surface area contributed by atoms with Gasteiger partial charge in [-0.25, -0.2) is 19.9 Å². The normalized spacial score (nSPS) is 11.8. The molecule has 0 saturated carbocycles. The van der Waals surface area contributed by atoms with Gasteiger partial charge in [-0.1, -0.05) is 59.0 Å². The molecule has 6 aromatic rings. The second-order valence-electron chi connectivity index (χ2n) is 8.91. The molecule has 0 unspecified atom stereocenters. The fourth-order valence-electron chi connectivity index (χ4n) is 4.38. The average Bonchev–Trinajstić information content (AvgIpc) is 3.32. The first-order valence-corrected chi connectivity index (χ1v) is 13.4. The van der Waals surface area contributed by atoms with Crippen LogP contribution >= 0.6 is 22.9 Å². The minimum atomic E-state index is -0.484. The van der Waals surface area contributed by atoms with Gasteiger partial charge in [0, 0.05) is 5.56 Å². The number of nitrogens with one attached hydrogen (secondary N) is 1. The number of rotatable bonds is 4. The number of thiazole rings is 1. The van der Waals surface area contributed by atoms with Crippen LogP contribution in [0.2, 0.25) is 5.02 Å². The van der Waals surface area contributed by atoms with Crippen molar-refractivity contribution in [3.63, 3.8) is 0 Å². The standard InChI is InChI=1S/C29H21ClN8OS/c1-16(27-36-22-9-5-8-20(30)24(22)28(39)38(27)18-6-3-2-4-7-18)35-26-19(25(31)33-15-34-26)12-10-17-11-13-21-23(14-17)40-29(32)37-21/h2-9,11,13-16H,1H3,(H2,32,37)(H3,31,33,34,35)/t16-/m0/s1. The Morgan fingerprint density at radius 1 is 0.975 bits per heavy atom. The Bertz CT molecular complexity index is 2030. The third kappa shape index (κ3) is 4.68. The van der Waals surface area contributed by atoms with Crippen LogP contribution in [0.3, 0.4) is 0 Å². The van der Waals surface area contributed by atoms with Gasteiger partial charge in [0.1, 0.15) is 29.4 Å². The predicted molar refractivity (Wildman–Crippen MR) is 161 cm³/mol. The van der Waals surface area contributed by atoms with Crippen molar-refractivity contribution >= 4 is 60.8 Å². The fraction of sp³-hybridized carbons (Fsp3) is 0.0690. The van der Waals surface area contributed by atoms with Gasteiger partial charge < -0.3 is 16.8 Å². The Morgan fingerprint density at radius 2 is 1.80 bits per heavy atom. The van der Waals surface area contributed by atoms with Gasteiger partial charge in [0.05, 0.1) is 37.9 Å². The third-order valence-corrected chi connectivity index (χ3v) is 7.40. The molecule has 0 radical (unpaired) electrons. The average molecular weight is 565 g/mol. The lowest BCUT2D eigenvalue weighted by atomic mass is 10.1. The third-order valence-electron chi connectivity index (χ3n) is 6.24. The summed E-state index contributed by atoms with van der Waals surface area (Å²) in [7, 11) is 0. The van der Waals surface area contributed by atoms with Crippen molar-refractivity contribution in [2.24, 2.45) is 0 Å². The molecule has 0 aliphatic rings. The van der Waals surface area contributed by atoms with Crippen molar-refractivity contribution in [3.05, 3.63) is 105 Å². The highest BCUT2D eigenvalue weighted by Gasteiger charge is 2.21. The molecule has 1 atom stereocenters. The van der Waals surface area contributed by atoms with Crippen LogP contribution in [-0.4, -0.2) is 24.5 Å². The Morgan fingerprint density at radius 3 is 2.62 bits per heavy atom. The van der Waals surface area contributed by atoms with Crippen LogP contribution in [-0.2, 0) is 0 Å². The van der Waals surface area contributed by atoms with Crippen LogP contribution in [0.1, 0.15) is 29.9 Å². The quantitative estimate of drug-likeness (QED) is 0.249. The molecule has 5 N–H and O–H groups in total. The van der Waals surface area contributed by atoms with E-state index in [4.69, 9.17) is 28.1 Å². The molecule has 196 valence electrons. The van der Waals surface area contributed by atoms with Gasteiger partial charge in [0.25, 0.3) is 5.56 Å². The Kier molecular flexibility index (Phi) is 6.51. The highest BCUT2D eigenvalue weighted by molar-refractivity contribution is 7.22. The van der Waals surface area contributed by atoms with E-state index >= 15 is 0 Å². The summed E-state index contributed by atoms with van der Waals surface area (Å²) < 4.78 is 2.49. The smallest absolute Gasteiger partial charge is 0.267 e. The van der Waals surface area contributed by atoms with Crippen LogP contribution in [0.15, 0.2) is 77.9 Å². The molecule has 0 aliphatic carbocycles. The molecule has 3 heterocycles. The first-order valence-electron chi connectivity index (χ1n) is 12.2. The fourth-order valence-corrected chi connectivity index (χ4v) is 5.40. The number of nitrogens with zero attached hydrogens (tertiary/aromatic N) is 5. The lowest BCUT2D eigenvalue weighted by molar-refractivity contribution is 0.730. The molecule has 40 heavy (non-hydrogen) atoms. The van der Waals surface area contributed by atoms with Gasteiger partial charge in [0.2, 0.25) is 0 Å². The monoisotopic (exact) mass is 564 g/mol. The molecular weight excluding hydrogens is 544 g/mol. The minimum absolute atomic E-state index is 0.221. The largest absolute Gasteiger partial charge is 0.382 e. The van der Waals surface area contributed by atoms with E-state index in [2.05, 4.69) is 32.1 Å². The molecule has 0 bridgehead atoms. The number of hydrogen-bond donors (Lipinski definition) is 3. The van der Waals surface area contributed by atoms with E-state index < -0.39 is 6.04 Å². The van der Waals surface area contributed by atoms with Crippen LogP contribution in [0.5, 0.6) is 0 Å². The summed E-state index contributed by atoms with van der Waals surface area (Å²) in [5, 5.41) is 4.53. The lowest BCUT2D eigenvalue weighted by Gasteiger charge is -2.21. The molecule has 11 heteroatoms. The second kappa shape index (κ2) is 10.3. The van der Waals surface area contributed by atoms with Gasteiger partial charge in [-0.3, -0.25) is 9.36 Å². The number of nitrogens with two attached hydrogens (primary N) is 2. The Hall–Kier alpha value is -4.98. The number of benzene rings is 3. The van der Waals surface area contributed by atoms with E-state index in [9.17, 15) is 4.79 Å². The van der Waals surface area contributed by atoms with E-state index in [0.29, 0.717) is 44.0 Å². The van der Waals surface area contributed by atoms with Crippen molar-refractivity contribution in [3.8, 4) is 17.5 Å². The molecule has 0 amide bonds. The van der Waals surface area contributed by atoms with Crippen LogP contribution in [0, 0.1) is 11.8 Å². The van der Waals surface area contributed by atoms with Gasteiger partial charge in [-0.05, 0) is 49.4 Å². The Balaban J connectivity index is 1.42. The maximum absolute atomic E-state index is 13.7. The summed E-state index contributed by atoms with van der Waals surface area (Å²) in [5.41, 5.74) is 15.0. The van der Waals surface area contributed by atoms with Crippen molar-refractivity contribution in [1.82, 2.24) is 24.5 Å². The van der Waals surface area contributed by atoms with Crippen LogP contribution in [0.4, 0.5) is 16.8 Å². The van der Waals surface area contributed by atoms with Gasteiger partial charge >= 0.3 is 0 Å². The molecule has 9 nitrogen and oxygen atoms in total. The molecule has 0 fully saturated rings. The molecule has 3 aromatic heterocycles. The minimum Gasteiger partial charge on any atom is -0.382 e. The molecular formula is C29H21ClN8OS. The number of anilines is 3. The maximum atomic E-state index is 13.7. The Labute approximate surface area is 237 Å². The number of halogens is 1. The van der Waals surface area contributed by atoms with E-state index in [0.717, 1.165) is 15.8 Å². The van der Waals surface area contributed by atoms with E-state index in [1.54, 1.807) is 22.8 Å². The highest BCUT2D eigenvalue weighted by atomic mass is 35.5. The molecule has 0 spiro atoms. The number of hydrogen-bond acceptors (Lipinski definition) is 9. The molecule has 3 aromatic carbocycles. The van der Waals surface area contributed by atoms with Crippen LogP contribution < -0.4 is 22.3 Å².